The predicted molar refractivity (Wildman–Crippen MR) is 73.9 cm³/mol. The molecule has 0 radical (unpaired) electrons. The van der Waals surface area contributed by atoms with Crippen LogP contribution in [0.1, 0.15) is 33.1 Å². The third-order valence-electron chi connectivity index (χ3n) is 3.52. The van der Waals surface area contributed by atoms with Gasteiger partial charge in [-0.1, -0.05) is 18.0 Å². The minimum atomic E-state index is -3.62. The first-order valence-corrected chi connectivity index (χ1v) is 8.07. The van der Waals surface area contributed by atoms with Crippen LogP contribution in [-0.4, -0.2) is 29.8 Å². The Balaban J connectivity index is 2.46. The average Bonchev–Trinajstić information content (AvgIpc) is 2.32. The number of nitrogens with one attached hydrogen (secondary N) is 1. The normalized spacial score (nSPS) is 25.4. The van der Waals surface area contributed by atoms with Gasteiger partial charge in [-0.3, -0.25) is 4.79 Å². The van der Waals surface area contributed by atoms with Crippen LogP contribution in [0.4, 0.5) is 0 Å². The summed E-state index contributed by atoms with van der Waals surface area (Å²) in [5.74, 6) is 0. The zero-order valence-electron chi connectivity index (χ0n) is 10.9. The van der Waals surface area contributed by atoms with Crippen molar-refractivity contribution in [2.75, 3.05) is 0 Å². The number of rotatable bonds is 2. The van der Waals surface area contributed by atoms with Crippen LogP contribution < -0.4 is 5.56 Å². The van der Waals surface area contributed by atoms with Crippen LogP contribution in [0.5, 0.6) is 0 Å². The summed E-state index contributed by atoms with van der Waals surface area (Å²) in [5, 5.41) is -0.113. The smallest absolute Gasteiger partial charge is 0.266 e. The molecule has 7 heteroatoms. The number of nitrogens with zero attached hydrogens (tertiary/aromatic N) is 1. The SMILES string of the molecule is CC1CCCC(C)N1S(=O)(=O)c1c[nH]c(=O)c(Cl)c1. The maximum Gasteiger partial charge on any atom is 0.266 e. The van der Waals surface area contributed by atoms with Crippen molar-refractivity contribution in [2.24, 2.45) is 0 Å². The minimum absolute atomic E-state index is 0.0395. The van der Waals surface area contributed by atoms with Crippen LogP contribution in [0.25, 0.3) is 0 Å². The fraction of sp³-hybridized carbons (Fsp3) is 0.583. The molecule has 0 amide bonds. The molecule has 1 aromatic rings. The Kier molecular flexibility index (Phi) is 4.03. The molecule has 0 bridgehead atoms. The monoisotopic (exact) mass is 304 g/mol. The third-order valence-corrected chi connectivity index (χ3v) is 5.91. The molecule has 0 aromatic carbocycles. The molecule has 1 aromatic heterocycles. The first-order valence-electron chi connectivity index (χ1n) is 6.26. The maximum absolute atomic E-state index is 12.6. The van der Waals surface area contributed by atoms with Gasteiger partial charge in [0.15, 0.2) is 0 Å². The number of aromatic nitrogens is 1. The maximum atomic E-state index is 12.6. The zero-order chi connectivity index (χ0) is 14.2. The van der Waals surface area contributed by atoms with E-state index in [4.69, 9.17) is 11.6 Å². The van der Waals surface area contributed by atoms with E-state index in [1.807, 2.05) is 13.8 Å². The van der Waals surface area contributed by atoms with E-state index in [0.29, 0.717) is 0 Å². The Labute approximate surface area is 117 Å². The van der Waals surface area contributed by atoms with Gasteiger partial charge in [0.2, 0.25) is 10.0 Å². The van der Waals surface area contributed by atoms with Gasteiger partial charge in [0.05, 0.1) is 4.90 Å². The summed E-state index contributed by atoms with van der Waals surface area (Å²) in [7, 11) is -3.62. The third kappa shape index (κ3) is 2.70. The molecule has 0 aliphatic carbocycles. The zero-order valence-corrected chi connectivity index (χ0v) is 12.5. The summed E-state index contributed by atoms with van der Waals surface area (Å²) in [6, 6.07) is 1.13. The fourth-order valence-corrected chi connectivity index (χ4v) is 4.69. The summed E-state index contributed by atoms with van der Waals surface area (Å²) in [6.45, 7) is 3.81. The Morgan fingerprint density at radius 3 is 2.42 bits per heavy atom. The van der Waals surface area contributed by atoms with Gasteiger partial charge in [-0.25, -0.2) is 8.42 Å². The second-order valence-corrected chi connectivity index (χ2v) is 7.23. The van der Waals surface area contributed by atoms with E-state index in [-0.39, 0.29) is 22.0 Å². The number of pyridine rings is 1. The summed E-state index contributed by atoms with van der Waals surface area (Å²) >= 11 is 5.70. The lowest BCUT2D eigenvalue weighted by Crippen LogP contribution is -2.47. The summed E-state index contributed by atoms with van der Waals surface area (Å²) in [5.41, 5.74) is -0.486. The number of sulfonamides is 1. The van der Waals surface area contributed by atoms with Crippen LogP contribution in [-0.2, 0) is 10.0 Å². The van der Waals surface area contributed by atoms with Crippen LogP contribution >= 0.6 is 11.6 Å². The molecule has 1 fully saturated rings. The lowest BCUT2D eigenvalue weighted by atomic mass is 10.0. The molecular weight excluding hydrogens is 288 g/mol. The Morgan fingerprint density at radius 2 is 1.89 bits per heavy atom. The largest absolute Gasteiger partial charge is 0.326 e. The van der Waals surface area contributed by atoms with Crippen LogP contribution in [0.15, 0.2) is 22.0 Å². The second kappa shape index (κ2) is 5.26. The van der Waals surface area contributed by atoms with Gasteiger partial charge in [0.25, 0.3) is 5.56 Å². The Hall–Kier alpha value is -0.850. The first-order chi connectivity index (χ1) is 8.84. The molecular formula is C12H17ClN2O3S. The topological polar surface area (TPSA) is 70.2 Å². The van der Waals surface area contributed by atoms with E-state index < -0.39 is 15.6 Å². The fourth-order valence-electron chi connectivity index (χ4n) is 2.58. The van der Waals surface area contributed by atoms with Gasteiger partial charge in [0, 0.05) is 18.3 Å². The van der Waals surface area contributed by atoms with Crippen molar-refractivity contribution >= 4 is 21.6 Å². The highest BCUT2D eigenvalue weighted by atomic mass is 35.5. The Bertz CT molecular complexity index is 616. The first kappa shape index (κ1) is 14.6. The summed E-state index contributed by atoms with van der Waals surface area (Å²) in [6.07, 6.45) is 3.93. The second-order valence-electron chi connectivity index (χ2n) is 4.98. The van der Waals surface area contributed by atoms with E-state index in [1.54, 1.807) is 0 Å². The number of piperidine rings is 1. The van der Waals surface area contributed by atoms with Crippen molar-refractivity contribution in [1.82, 2.24) is 9.29 Å². The van der Waals surface area contributed by atoms with Crippen molar-refractivity contribution in [1.29, 1.82) is 0 Å². The van der Waals surface area contributed by atoms with E-state index in [2.05, 4.69) is 4.98 Å². The number of H-pyrrole nitrogens is 1. The van der Waals surface area contributed by atoms with Gasteiger partial charge < -0.3 is 4.98 Å². The molecule has 2 heterocycles. The predicted octanol–water partition coefficient (Wildman–Crippen LogP) is 1.98. The lowest BCUT2D eigenvalue weighted by Gasteiger charge is -2.37. The Morgan fingerprint density at radius 1 is 1.32 bits per heavy atom. The van der Waals surface area contributed by atoms with Crippen LogP contribution in [0.2, 0.25) is 5.02 Å². The highest BCUT2D eigenvalue weighted by Crippen LogP contribution is 2.29. The van der Waals surface area contributed by atoms with Gasteiger partial charge in [-0.2, -0.15) is 4.31 Å². The van der Waals surface area contributed by atoms with Crippen molar-refractivity contribution < 1.29 is 8.42 Å². The minimum Gasteiger partial charge on any atom is -0.326 e. The van der Waals surface area contributed by atoms with E-state index in [1.165, 1.54) is 16.6 Å². The number of hydrogen-bond acceptors (Lipinski definition) is 3. The lowest BCUT2D eigenvalue weighted by molar-refractivity contribution is 0.204. The van der Waals surface area contributed by atoms with Crippen molar-refractivity contribution in [3.63, 3.8) is 0 Å². The van der Waals surface area contributed by atoms with Gasteiger partial charge in [-0.05, 0) is 32.8 Å². The molecule has 2 rings (SSSR count). The average molecular weight is 305 g/mol. The molecule has 2 unspecified atom stereocenters. The number of aromatic amines is 1. The van der Waals surface area contributed by atoms with Gasteiger partial charge >= 0.3 is 0 Å². The summed E-state index contributed by atoms with van der Waals surface area (Å²) < 4.78 is 26.7. The molecule has 1 N–H and O–H groups in total. The molecule has 5 nitrogen and oxygen atoms in total. The standard InChI is InChI=1S/C12H17ClN2O3S/c1-8-4-3-5-9(2)15(8)19(17,18)10-6-11(13)12(16)14-7-10/h6-9H,3-5H2,1-2H3,(H,14,16). The van der Waals surface area contributed by atoms with Crippen molar-refractivity contribution in [2.45, 2.75) is 50.1 Å². The molecule has 19 heavy (non-hydrogen) atoms. The van der Waals surface area contributed by atoms with Gasteiger partial charge in [0.1, 0.15) is 5.02 Å². The molecule has 1 aliphatic rings. The molecule has 0 spiro atoms. The molecule has 0 saturated carbocycles. The van der Waals surface area contributed by atoms with E-state index in [0.717, 1.165) is 19.3 Å². The number of hydrogen-bond donors (Lipinski definition) is 1. The van der Waals surface area contributed by atoms with Crippen LogP contribution in [0, 0.1) is 0 Å². The van der Waals surface area contributed by atoms with Crippen molar-refractivity contribution in [3.8, 4) is 0 Å². The van der Waals surface area contributed by atoms with E-state index >= 15 is 0 Å². The molecule has 2 atom stereocenters. The van der Waals surface area contributed by atoms with E-state index in [9.17, 15) is 13.2 Å². The number of halogens is 1. The van der Waals surface area contributed by atoms with Crippen LogP contribution in [0.3, 0.4) is 0 Å². The van der Waals surface area contributed by atoms with Crippen molar-refractivity contribution in [3.05, 3.63) is 27.6 Å². The molecule has 1 aliphatic heterocycles. The summed E-state index contributed by atoms with van der Waals surface area (Å²) in [4.78, 5) is 13.6. The molecule has 106 valence electrons. The highest BCUT2D eigenvalue weighted by molar-refractivity contribution is 7.89. The highest BCUT2D eigenvalue weighted by Gasteiger charge is 2.35. The van der Waals surface area contributed by atoms with Gasteiger partial charge in [-0.15, -0.1) is 0 Å². The molecule has 1 saturated heterocycles. The quantitative estimate of drug-likeness (QED) is 0.908.